The Hall–Kier alpha value is -0.160. The molecule has 0 bridgehead atoms. The molecule has 0 amide bonds. The molecule has 4 nitrogen and oxygen atoms in total. The third-order valence-electron chi connectivity index (χ3n) is 4.27. The lowest BCUT2D eigenvalue weighted by atomic mass is 10.0. The first-order valence-corrected chi connectivity index (χ1v) is 6.87. The number of nitrogens with zero attached hydrogens (tertiary/aromatic N) is 2. The molecule has 0 spiro atoms. The third kappa shape index (κ3) is 3.41. The van der Waals surface area contributed by atoms with Crippen LogP contribution in [0.25, 0.3) is 0 Å². The van der Waals surface area contributed by atoms with E-state index in [-0.39, 0.29) is 5.54 Å². The zero-order valence-corrected chi connectivity index (χ0v) is 11.3. The second-order valence-electron chi connectivity index (χ2n) is 6.03. The van der Waals surface area contributed by atoms with Crippen LogP contribution in [0.3, 0.4) is 0 Å². The van der Waals surface area contributed by atoms with Crippen molar-refractivity contribution in [3.05, 3.63) is 0 Å². The van der Waals surface area contributed by atoms with Crippen LogP contribution in [0.5, 0.6) is 0 Å². The molecule has 2 fully saturated rings. The molecule has 2 saturated heterocycles. The predicted octanol–water partition coefficient (Wildman–Crippen LogP) is 0.378. The van der Waals surface area contributed by atoms with Gasteiger partial charge in [0.15, 0.2) is 0 Å². The van der Waals surface area contributed by atoms with Gasteiger partial charge in [-0.15, -0.1) is 0 Å². The van der Waals surface area contributed by atoms with E-state index in [2.05, 4.69) is 23.6 Å². The van der Waals surface area contributed by atoms with E-state index in [4.69, 9.17) is 10.5 Å². The Balaban J connectivity index is 1.74. The number of hydrogen-bond donors (Lipinski definition) is 1. The summed E-state index contributed by atoms with van der Waals surface area (Å²) in [5.74, 6) is 0.768. The van der Waals surface area contributed by atoms with Gasteiger partial charge in [-0.2, -0.15) is 0 Å². The number of nitrogens with two attached hydrogens (primary N) is 1. The first kappa shape index (κ1) is 13.3. The van der Waals surface area contributed by atoms with Gasteiger partial charge < -0.3 is 15.4 Å². The van der Waals surface area contributed by atoms with Crippen molar-refractivity contribution in [3.63, 3.8) is 0 Å². The average Bonchev–Trinajstić information content (AvgIpc) is 2.83. The average molecular weight is 241 g/mol. The summed E-state index contributed by atoms with van der Waals surface area (Å²) in [4.78, 5) is 5.11. The first-order valence-electron chi connectivity index (χ1n) is 6.87. The van der Waals surface area contributed by atoms with Crippen LogP contribution in [0.15, 0.2) is 0 Å². The Labute approximate surface area is 105 Å². The molecule has 0 aromatic heterocycles. The van der Waals surface area contributed by atoms with Crippen molar-refractivity contribution >= 4 is 0 Å². The maximum absolute atomic E-state index is 5.83. The number of hydrogen-bond acceptors (Lipinski definition) is 4. The fourth-order valence-corrected chi connectivity index (χ4v) is 2.76. The minimum absolute atomic E-state index is 0.155. The van der Waals surface area contributed by atoms with E-state index < -0.39 is 0 Å². The van der Waals surface area contributed by atoms with Gasteiger partial charge in [-0.3, -0.25) is 4.90 Å². The summed E-state index contributed by atoms with van der Waals surface area (Å²) >= 11 is 0. The zero-order valence-electron chi connectivity index (χ0n) is 11.3. The van der Waals surface area contributed by atoms with Crippen LogP contribution < -0.4 is 5.73 Å². The summed E-state index contributed by atoms with van der Waals surface area (Å²) in [7, 11) is 0. The molecule has 0 saturated carbocycles. The molecule has 2 rings (SSSR count). The molecule has 1 unspecified atom stereocenters. The molecular formula is C13H27N3O. The van der Waals surface area contributed by atoms with Crippen LogP contribution >= 0.6 is 0 Å². The zero-order chi connectivity index (χ0) is 12.3. The van der Waals surface area contributed by atoms with Gasteiger partial charge in [0, 0.05) is 51.4 Å². The molecule has 1 atom stereocenters. The van der Waals surface area contributed by atoms with Crippen LogP contribution in [0.2, 0.25) is 0 Å². The lowest BCUT2D eigenvalue weighted by Crippen LogP contribution is -2.57. The second kappa shape index (κ2) is 5.65. The smallest absolute Gasteiger partial charge is 0.0507 e. The fraction of sp³-hybridized carbons (Fsp3) is 1.00. The summed E-state index contributed by atoms with van der Waals surface area (Å²) in [5, 5.41) is 0. The van der Waals surface area contributed by atoms with Crippen molar-refractivity contribution in [3.8, 4) is 0 Å². The molecule has 2 heterocycles. The van der Waals surface area contributed by atoms with E-state index in [0.717, 1.165) is 38.8 Å². The van der Waals surface area contributed by atoms with E-state index >= 15 is 0 Å². The highest BCUT2D eigenvalue weighted by molar-refractivity contribution is 4.86. The minimum Gasteiger partial charge on any atom is -0.381 e. The van der Waals surface area contributed by atoms with Crippen molar-refractivity contribution in [2.75, 3.05) is 52.5 Å². The lowest BCUT2D eigenvalue weighted by Gasteiger charge is -2.44. The molecule has 2 N–H and O–H groups in total. The second-order valence-corrected chi connectivity index (χ2v) is 6.03. The van der Waals surface area contributed by atoms with Gasteiger partial charge in [-0.25, -0.2) is 0 Å². The topological polar surface area (TPSA) is 41.7 Å². The van der Waals surface area contributed by atoms with Gasteiger partial charge >= 0.3 is 0 Å². The molecule has 100 valence electrons. The van der Waals surface area contributed by atoms with Crippen molar-refractivity contribution in [2.45, 2.75) is 25.8 Å². The fourth-order valence-electron chi connectivity index (χ4n) is 2.76. The summed E-state index contributed by atoms with van der Waals surface area (Å²) in [6, 6.07) is 0. The van der Waals surface area contributed by atoms with Crippen molar-refractivity contribution < 1.29 is 4.74 Å². The summed E-state index contributed by atoms with van der Waals surface area (Å²) in [6.45, 7) is 13.0. The molecule has 2 aliphatic heterocycles. The Morgan fingerprint density at radius 3 is 2.47 bits per heavy atom. The normalized spacial score (nSPS) is 28.8. The van der Waals surface area contributed by atoms with Crippen molar-refractivity contribution in [1.29, 1.82) is 0 Å². The van der Waals surface area contributed by atoms with E-state index in [1.807, 2.05) is 0 Å². The van der Waals surface area contributed by atoms with Crippen molar-refractivity contribution in [2.24, 2.45) is 11.7 Å². The first-order chi connectivity index (χ1) is 8.12. The molecule has 0 aromatic rings. The van der Waals surface area contributed by atoms with Crippen LogP contribution in [-0.4, -0.2) is 67.8 Å². The van der Waals surface area contributed by atoms with Crippen LogP contribution in [-0.2, 0) is 4.74 Å². The Morgan fingerprint density at radius 1 is 1.24 bits per heavy atom. The summed E-state index contributed by atoms with van der Waals surface area (Å²) < 4.78 is 5.44. The van der Waals surface area contributed by atoms with E-state index in [0.29, 0.717) is 0 Å². The lowest BCUT2D eigenvalue weighted by molar-refractivity contribution is 0.0490. The molecule has 17 heavy (non-hydrogen) atoms. The SMILES string of the molecule is CC(C)(CN)N1CCN(CC2CCOC2)CC1. The maximum atomic E-state index is 5.83. The molecule has 0 radical (unpaired) electrons. The number of ether oxygens (including phenoxy) is 1. The van der Waals surface area contributed by atoms with Gasteiger partial charge in [-0.05, 0) is 26.2 Å². The van der Waals surface area contributed by atoms with Crippen LogP contribution in [0.1, 0.15) is 20.3 Å². The van der Waals surface area contributed by atoms with E-state index in [1.165, 1.54) is 26.1 Å². The van der Waals surface area contributed by atoms with Gasteiger partial charge in [0.1, 0.15) is 0 Å². The molecule has 0 aliphatic carbocycles. The largest absolute Gasteiger partial charge is 0.381 e. The number of piperazine rings is 1. The Morgan fingerprint density at radius 2 is 1.94 bits per heavy atom. The van der Waals surface area contributed by atoms with Gasteiger partial charge in [0.05, 0.1) is 6.61 Å². The van der Waals surface area contributed by atoms with Crippen molar-refractivity contribution in [1.82, 2.24) is 9.80 Å². The maximum Gasteiger partial charge on any atom is 0.0507 e. The Kier molecular flexibility index (Phi) is 4.42. The standard InChI is InChI=1S/C13H27N3O/c1-13(2,11-14)16-6-4-15(5-7-16)9-12-3-8-17-10-12/h12H,3-11,14H2,1-2H3. The molecular weight excluding hydrogens is 214 g/mol. The monoisotopic (exact) mass is 241 g/mol. The molecule has 2 aliphatic rings. The van der Waals surface area contributed by atoms with E-state index in [1.54, 1.807) is 0 Å². The van der Waals surface area contributed by atoms with Gasteiger partial charge in [0.2, 0.25) is 0 Å². The quantitative estimate of drug-likeness (QED) is 0.772. The highest BCUT2D eigenvalue weighted by Crippen LogP contribution is 2.18. The summed E-state index contributed by atoms with van der Waals surface area (Å²) in [5.41, 5.74) is 5.99. The van der Waals surface area contributed by atoms with Gasteiger partial charge in [-0.1, -0.05) is 0 Å². The third-order valence-corrected chi connectivity index (χ3v) is 4.27. The molecule has 0 aromatic carbocycles. The highest BCUT2D eigenvalue weighted by atomic mass is 16.5. The van der Waals surface area contributed by atoms with Gasteiger partial charge in [0.25, 0.3) is 0 Å². The van der Waals surface area contributed by atoms with E-state index in [9.17, 15) is 0 Å². The number of rotatable bonds is 4. The predicted molar refractivity (Wildman–Crippen MR) is 70.1 cm³/mol. The minimum atomic E-state index is 0.155. The van der Waals surface area contributed by atoms with Crippen LogP contribution in [0.4, 0.5) is 0 Å². The Bertz CT molecular complexity index is 231. The highest BCUT2D eigenvalue weighted by Gasteiger charge is 2.29. The van der Waals surface area contributed by atoms with Crippen LogP contribution in [0, 0.1) is 5.92 Å². The summed E-state index contributed by atoms with van der Waals surface area (Å²) in [6.07, 6.45) is 1.24. The molecule has 4 heteroatoms.